The summed E-state index contributed by atoms with van der Waals surface area (Å²) in [4.78, 5) is 23.0. The van der Waals surface area contributed by atoms with Crippen molar-refractivity contribution in [1.29, 1.82) is 0 Å². The lowest BCUT2D eigenvalue weighted by molar-refractivity contribution is -0.568. The van der Waals surface area contributed by atoms with Crippen LogP contribution in [0.25, 0.3) is 0 Å². The van der Waals surface area contributed by atoms with Crippen molar-refractivity contribution >= 4 is 17.7 Å². The lowest BCUT2D eigenvalue weighted by atomic mass is 9.58. The molecular weight excluding hydrogens is 344 g/mol. The summed E-state index contributed by atoms with van der Waals surface area (Å²) in [5, 5.41) is 0. The summed E-state index contributed by atoms with van der Waals surface area (Å²) in [7, 11) is 0. The Morgan fingerprint density at radius 2 is 2.00 bits per heavy atom. The van der Waals surface area contributed by atoms with Crippen LogP contribution in [0.15, 0.2) is 0 Å². The monoisotopic (exact) mass is 372 g/mol. The maximum Gasteiger partial charge on any atom is 0.303 e. The van der Waals surface area contributed by atoms with Crippen LogP contribution in [-0.4, -0.2) is 35.0 Å². The van der Waals surface area contributed by atoms with Crippen molar-refractivity contribution < 1.29 is 28.8 Å². The molecule has 8 atom stereocenters. The Bertz CT molecular complexity index is 544. The van der Waals surface area contributed by atoms with Crippen molar-refractivity contribution in [1.82, 2.24) is 0 Å². The summed E-state index contributed by atoms with van der Waals surface area (Å²) in [5.74, 6) is 0.795. The van der Waals surface area contributed by atoms with E-state index in [0.717, 1.165) is 19.3 Å². The van der Waals surface area contributed by atoms with E-state index >= 15 is 0 Å². The molecule has 0 aromatic rings. The molecule has 142 valence electrons. The zero-order chi connectivity index (χ0) is 17.8. The van der Waals surface area contributed by atoms with E-state index in [2.05, 4.69) is 13.8 Å². The lowest BCUT2D eigenvalue weighted by Crippen LogP contribution is -2.70. The molecule has 5 rings (SSSR count). The highest BCUT2D eigenvalue weighted by atomic mass is 32.2. The van der Waals surface area contributed by atoms with Crippen molar-refractivity contribution in [3.05, 3.63) is 0 Å². The van der Waals surface area contributed by atoms with Crippen LogP contribution < -0.4 is 0 Å². The SMILES string of the molecule is CC(=O)OCS[C@@H]1O[C@@H]2O[C@]3(C)CC[C@H]4[C@H](C)CC[C@@H]([C@H]1C)[C@@]24OO3. The van der Waals surface area contributed by atoms with Gasteiger partial charge in [-0.2, -0.15) is 0 Å². The molecule has 0 aromatic carbocycles. The van der Waals surface area contributed by atoms with Gasteiger partial charge in [-0.15, -0.1) is 0 Å². The molecular formula is C18H28O6S. The largest absolute Gasteiger partial charge is 0.455 e. The van der Waals surface area contributed by atoms with E-state index in [4.69, 9.17) is 24.0 Å². The molecule has 7 heteroatoms. The average molecular weight is 372 g/mol. The number of fused-ring (bicyclic) bond motifs is 2. The minimum Gasteiger partial charge on any atom is -0.455 e. The van der Waals surface area contributed by atoms with Crippen molar-refractivity contribution in [2.45, 2.75) is 76.5 Å². The Hall–Kier alpha value is -0.340. The molecule has 4 aliphatic heterocycles. The van der Waals surface area contributed by atoms with Crippen LogP contribution in [-0.2, 0) is 28.8 Å². The van der Waals surface area contributed by atoms with Gasteiger partial charge in [-0.25, -0.2) is 9.78 Å². The zero-order valence-electron chi connectivity index (χ0n) is 15.4. The highest BCUT2D eigenvalue weighted by Crippen LogP contribution is 2.61. The quantitative estimate of drug-likeness (QED) is 0.427. The van der Waals surface area contributed by atoms with Crippen LogP contribution in [0, 0.1) is 23.7 Å². The topological polar surface area (TPSA) is 63.2 Å². The van der Waals surface area contributed by atoms with Gasteiger partial charge in [0.2, 0.25) is 5.79 Å². The molecule has 5 aliphatic rings. The zero-order valence-corrected chi connectivity index (χ0v) is 16.2. The van der Waals surface area contributed by atoms with Crippen molar-refractivity contribution in [3.8, 4) is 0 Å². The molecule has 0 aromatic heterocycles. The van der Waals surface area contributed by atoms with Crippen LogP contribution in [0.3, 0.4) is 0 Å². The van der Waals surface area contributed by atoms with Crippen molar-refractivity contribution in [2.24, 2.45) is 23.7 Å². The molecule has 4 heterocycles. The second-order valence-corrected chi connectivity index (χ2v) is 9.23. The van der Waals surface area contributed by atoms with Gasteiger partial charge in [0.25, 0.3) is 0 Å². The smallest absolute Gasteiger partial charge is 0.303 e. The number of esters is 1. The first-order valence-corrected chi connectivity index (χ1v) is 10.4. The summed E-state index contributed by atoms with van der Waals surface area (Å²) in [6.07, 6.45) is 3.68. The van der Waals surface area contributed by atoms with Gasteiger partial charge < -0.3 is 14.2 Å². The Balaban J connectivity index is 1.62. The summed E-state index contributed by atoms with van der Waals surface area (Å²) in [6.45, 7) is 7.87. The second kappa shape index (κ2) is 6.37. The first-order valence-electron chi connectivity index (χ1n) is 9.31. The van der Waals surface area contributed by atoms with Gasteiger partial charge in [0.15, 0.2) is 11.9 Å². The number of carbonyl (C=O) groups is 1. The average Bonchev–Trinajstić information content (AvgIpc) is 2.78. The number of carbonyl (C=O) groups excluding carboxylic acids is 1. The Morgan fingerprint density at radius 1 is 1.20 bits per heavy atom. The molecule has 1 aliphatic carbocycles. The predicted octanol–water partition coefficient (Wildman–Crippen LogP) is 3.45. The molecule has 0 amide bonds. The van der Waals surface area contributed by atoms with E-state index in [0.29, 0.717) is 23.7 Å². The fourth-order valence-corrected chi connectivity index (χ4v) is 6.29. The van der Waals surface area contributed by atoms with Crippen LogP contribution in [0.1, 0.15) is 53.4 Å². The van der Waals surface area contributed by atoms with Gasteiger partial charge in [-0.3, -0.25) is 4.79 Å². The third-order valence-corrected chi connectivity index (χ3v) is 7.71. The molecule has 4 saturated heterocycles. The van der Waals surface area contributed by atoms with Crippen molar-refractivity contribution in [3.63, 3.8) is 0 Å². The van der Waals surface area contributed by atoms with Gasteiger partial charge in [0.1, 0.15) is 11.4 Å². The van der Waals surface area contributed by atoms with E-state index in [9.17, 15) is 4.79 Å². The maximum absolute atomic E-state index is 11.1. The van der Waals surface area contributed by atoms with E-state index < -0.39 is 17.7 Å². The Kier molecular flexibility index (Phi) is 4.60. The summed E-state index contributed by atoms with van der Waals surface area (Å²) < 4.78 is 17.8. The van der Waals surface area contributed by atoms with Gasteiger partial charge in [0, 0.05) is 19.3 Å². The fourth-order valence-electron chi connectivity index (χ4n) is 5.25. The standard InChI is InChI=1S/C18H28O6S/c1-10-5-6-14-11(2)15(25-9-20-12(3)19)21-16-18(14)13(10)7-8-17(4,22-16)23-24-18/h10-11,13-16H,5-9H2,1-4H3/t10-,11-,13+,14+,15+,16-,17+,18-/m1/s1. The summed E-state index contributed by atoms with van der Waals surface area (Å²) in [5.41, 5.74) is -0.605. The predicted molar refractivity (Wildman–Crippen MR) is 91.1 cm³/mol. The van der Waals surface area contributed by atoms with Crippen LogP contribution in [0.4, 0.5) is 0 Å². The molecule has 6 nitrogen and oxygen atoms in total. The normalized spacial score (nSPS) is 51.5. The third kappa shape index (κ3) is 2.83. The third-order valence-electron chi connectivity index (χ3n) is 6.59. The number of thioether (sulfide) groups is 1. The van der Waals surface area contributed by atoms with Crippen LogP contribution in [0.5, 0.6) is 0 Å². The van der Waals surface area contributed by atoms with Crippen molar-refractivity contribution in [2.75, 3.05) is 5.94 Å². The summed E-state index contributed by atoms with van der Waals surface area (Å²) >= 11 is 1.52. The molecule has 5 fully saturated rings. The van der Waals surface area contributed by atoms with Crippen LogP contribution >= 0.6 is 11.8 Å². The molecule has 1 spiro atoms. The van der Waals surface area contributed by atoms with Crippen LogP contribution in [0.2, 0.25) is 0 Å². The molecule has 0 unspecified atom stereocenters. The van der Waals surface area contributed by atoms with E-state index in [1.165, 1.54) is 25.1 Å². The first kappa shape index (κ1) is 18.0. The van der Waals surface area contributed by atoms with E-state index in [-0.39, 0.29) is 17.3 Å². The number of hydrogen-bond acceptors (Lipinski definition) is 7. The van der Waals surface area contributed by atoms with E-state index in [1.807, 2.05) is 6.92 Å². The Morgan fingerprint density at radius 3 is 2.76 bits per heavy atom. The van der Waals surface area contributed by atoms with Gasteiger partial charge in [-0.1, -0.05) is 25.6 Å². The fraction of sp³-hybridized carbons (Fsp3) is 0.944. The molecule has 0 radical (unpaired) electrons. The molecule has 1 saturated carbocycles. The number of rotatable bonds is 3. The minimum atomic E-state index is -0.747. The highest BCUT2D eigenvalue weighted by molar-refractivity contribution is 7.99. The molecule has 0 N–H and O–H groups in total. The summed E-state index contributed by atoms with van der Waals surface area (Å²) in [6, 6.07) is 0. The van der Waals surface area contributed by atoms with Gasteiger partial charge in [0.05, 0.1) is 0 Å². The minimum absolute atomic E-state index is 0.0828. The first-order chi connectivity index (χ1) is 11.9. The number of hydrogen-bond donors (Lipinski definition) is 0. The highest BCUT2D eigenvalue weighted by Gasteiger charge is 2.69. The van der Waals surface area contributed by atoms with Gasteiger partial charge >= 0.3 is 5.97 Å². The van der Waals surface area contributed by atoms with Gasteiger partial charge in [-0.05, 0) is 43.9 Å². The molecule has 25 heavy (non-hydrogen) atoms. The number of ether oxygens (including phenoxy) is 3. The van der Waals surface area contributed by atoms with E-state index in [1.54, 1.807) is 0 Å². The lowest BCUT2D eigenvalue weighted by Gasteiger charge is -2.60. The Labute approximate surface area is 153 Å². The maximum atomic E-state index is 11.1. The molecule has 2 bridgehead atoms. The second-order valence-electron chi connectivity index (χ2n) is 8.19.